The van der Waals surface area contributed by atoms with Gasteiger partial charge in [-0.15, -0.1) is 6.42 Å². The number of unbranched alkanes of at least 4 members (excludes halogenated alkanes) is 2. The van der Waals surface area contributed by atoms with E-state index in [9.17, 15) is 0 Å². The van der Waals surface area contributed by atoms with Gasteiger partial charge in [0.15, 0.2) is 0 Å². The summed E-state index contributed by atoms with van der Waals surface area (Å²) < 4.78 is 5.36. The average Bonchev–Trinajstić information content (AvgIpc) is 2.79. The summed E-state index contributed by atoms with van der Waals surface area (Å²) in [4.78, 5) is 0. The van der Waals surface area contributed by atoms with Crippen LogP contribution in [0.1, 0.15) is 89.5 Å². The van der Waals surface area contributed by atoms with E-state index < -0.39 is 0 Å². The summed E-state index contributed by atoms with van der Waals surface area (Å²) in [6, 6.07) is 8.66. The van der Waals surface area contributed by atoms with Gasteiger partial charge in [0.2, 0.25) is 0 Å². The van der Waals surface area contributed by atoms with Gasteiger partial charge in [-0.1, -0.05) is 69.6 Å². The summed E-state index contributed by atoms with van der Waals surface area (Å²) in [6.45, 7) is 2.31. The smallest absolute Gasteiger partial charge is 0.118 e. The number of benzene rings is 1. The highest BCUT2D eigenvalue weighted by Crippen LogP contribution is 2.48. The molecule has 0 spiro atoms. The molecule has 0 aromatic heterocycles. The first kappa shape index (κ1) is 22.0. The highest BCUT2D eigenvalue weighted by molar-refractivity contribution is 5.37. The number of rotatable bonds is 8. The number of terminal acetylenes is 1. The molecular weight excluding hydrogens is 352 g/mol. The fraction of sp³-hybridized carbons (Fsp3) is 0.643. The second-order valence-electron chi connectivity index (χ2n) is 9.50. The van der Waals surface area contributed by atoms with Crippen molar-refractivity contribution >= 4 is 0 Å². The Morgan fingerprint density at radius 3 is 2.24 bits per heavy atom. The number of hydrogen-bond acceptors (Lipinski definition) is 1. The topological polar surface area (TPSA) is 9.23 Å². The van der Waals surface area contributed by atoms with Crippen LogP contribution < -0.4 is 4.74 Å². The zero-order chi connectivity index (χ0) is 20.5. The van der Waals surface area contributed by atoms with E-state index in [-0.39, 0.29) is 5.41 Å². The molecule has 0 aliphatic heterocycles. The standard InChI is InChI=1S/C28H40O/c1-4-6-8-9-23-10-12-24(13-11-23)25-18-21-28(22-19-25,20-7-5-2)26-14-16-27(29-3)17-15-26/h2,7,14-17,20,23-25H,4,6,8-13,18-19,21-22H2,1,3H3. The van der Waals surface area contributed by atoms with E-state index in [1.54, 1.807) is 7.11 Å². The van der Waals surface area contributed by atoms with Gasteiger partial charge in [0.05, 0.1) is 7.11 Å². The van der Waals surface area contributed by atoms with Gasteiger partial charge in [-0.2, -0.15) is 0 Å². The van der Waals surface area contributed by atoms with Crippen LogP contribution in [-0.2, 0) is 5.41 Å². The second-order valence-corrected chi connectivity index (χ2v) is 9.50. The van der Waals surface area contributed by atoms with Gasteiger partial charge in [-0.3, -0.25) is 0 Å². The Morgan fingerprint density at radius 1 is 1.00 bits per heavy atom. The first-order valence-corrected chi connectivity index (χ1v) is 12.0. The number of methoxy groups -OCH3 is 1. The van der Waals surface area contributed by atoms with Gasteiger partial charge >= 0.3 is 0 Å². The Bertz CT molecular complexity index is 661. The first-order chi connectivity index (χ1) is 14.2. The average molecular weight is 393 g/mol. The molecule has 1 heteroatoms. The minimum absolute atomic E-state index is 0.104. The van der Waals surface area contributed by atoms with Crippen molar-refractivity contribution in [2.45, 2.75) is 89.4 Å². The largest absolute Gasteiger partial charge is 0.497 e. The summed E-state index contributed by atoms with van der Waals surface area (Å²) in [5.74, 6) is 6.54. The quantitative estimate of drug-likeness (QED) is 0.325. The predicted molar refractivity (Wildman–Crippen MR) is 124 cm³/mol. The summed E-state index contributed by atoms with van der Waals surface area (Å²) in [5, 5.41) is 0. The Labute approximate surface area is 179 Å². The van der Waals surface area contributed by atoms with Crippen molar-refractivity contribution < 1.29 is 4.74 Å². The van der Waals surface area contributed by atoms with Gasteiger partial charge in [0.25, 0.3) is 0 Å². The van der Waals surface area contributed by atoms with Crippen molar-refractivity contribution in [1.29, 1.82) is 0 Å². The van der Waals surface area contributed by atoms with Gasteiger partial charge in [-0.25, -0.2) is 0 Å². The first-order valence-electron chi connectivity index (χ1n) is 12.0. The maximum Gasteiger partial charge on any atom is 0.118 e. The zero-order valence-corrected chi connectivity index (χ0v) is 18.7. The third kappa shape index (κ3) is 5.69. The van der Waals surface area contributed by atoms with E-state index in [1.807, 2.05) is 6.08 Å². The van der Waals surface area contributed by atoms with Crippen LogP contribution in [-0.4, -0.2) is 7.11 Å². The molecule has 0 amide bonds. The van der Waals surface area contributed by atoms with Crippen molar-refractivity contribution in [3.05, 3.63) is 42.0 Å². The Morgan fingerprint density at radius 2 is 1.66 bits per heavy atom. The van der Waals surface area contributed by atoms with E-state index in [0.717, 1.165) is 23.5 Å². The molecule has 2 aliphatic carbocycles. The molecule has 0 heterocycles. The number of hydrogen-bond donors (Lipinski definition) is 0. The normalized spacial score (nSPS) is 30.2. The highest BCUT2D eigenvalue weighted by atomic mass is 16.5. The van der Waals surface area contributed by atoms with E-state index in [1.165, 1.54) is 82.6 Å². The van der Waals surface area contributed by atoms with Crippen molar-refractivity contribution in [2.75, 3.05) is 7.11 Å². The van der Waals surface area contributed by atoms with Crippen LogP contribution in [0.3, 0.4) is 0 Å². The molecule has 0 saturated heterocycles. The van der Waals surface area contributed by atoms with Crippen LogP contribution in [0.4, 0.5) is 0 Å². The van der Waals surface area contributed by atoms with Crippen molar-refractivity contribution in [1.82, 2.24) is 0 Å². The molecule has 0 atom stereocenters. The minimum atomic E-state index is 0.104. The van der Waals surface area contributed by atoms with Crippen LogP contribution >= 0.6 is 0 Å². The fourth-order valence-corrected chi connectivity index (χ4v) is 5.94. The van der Waals surface area contributed by atoms with Crippen LogP contribution in [0.5, 0.6) is 5.75 Å². The molecule has 1 aromatic carbocycles. The van der Waals surface area contributed by atoms with E-state index in [0.29, 0.717) is 0 Å². The molecule has 0 radical (unpaired) electrons. The van der Waals surface area contributed by atoms with Crippen LogP contribution in [0.25, 0.3) is 0 Å². The predicted octanol–water partition coefficient (Wildman–Crippen LogP) is 7.70. The van der Waals surface area contributed by atoms with Crippen molar-refractivity contribution in [3.63, 3.8) is 0 Å². The molecule has 1 nitrogen and oxygen atoms in total. The molecule has 2 saturated carbocycles. The zero-order valence-electron chi connectivity index (χ0n) is 18.7. The Kier molecular flexibility index (Phi) is 8.29. The lowest BCUT2D eigenvalue weighted by atomic mass is 9.62. The monoisotopic (exact) mass is 392 g/mol. The Hall–Kier alpha value is -1.68. The maximum atomic E-state index is 5.57. The molecule has 2 aliphatic rings. The summed E-state index contributed by atoms with van der Waals surface area (Å²) in [7, 11) is 1.73. The third-order valence-electron chi connectivity index (χ3n) is 7.86. The Balaban J connectivity index is 1.58. The van der Waals surface area contributed by atoms with Gasteiger partial charge in [0.1, 0.15) is 5.75 Å². The lowest BCUT2D eigenvalue weighted by Crippen LogP contribution is -2.33. The molecule has 0 unspecified atom stereocenters. The maximum absolute atomic E-state index is 5.57. The summed E-state index contributed by atoms with van der Waals surface area (Å²) >= 11 is 0. The lowest BCUT2D eigenvalue weighted by Gasteiger charge is -2.43. The number of ether oxygens (including phenoxy) is 1. The summed E-state index contributed by atoms with van der Waals surface area (Å²) in [5.41, 5.74) is 1.50. The summed E-state index contributed by atoms with van der Waals surface area (Å²) in [6.07, 6.45) is 26.5. The SMILES string of the molecule is C#CC=CC1(c2ccc(OC)cc2)CCC(C2CCC(CCCCC)CC2)CC1. The molecule has 1 aromatic rings. The van der Waals surface area contributed by atoms with E-state index >= 15 is 0 Å². The van der Waals surface area contributed by atoms with Crippen LogP contribution in [0.2, 0.25) is 0 Å². The van der Waals surface area contributed by atoms with Crippen molar-refractivity contribution in [3.8, 4) is 18.1 Å². The van der Waals surface area contributed by atoms with E-state index in [2.05, 4.69) is 43.2 Å². The molecule has 0 bridgehead atoms. The van der Waals surface area contributed by atoms with Gasteiger partial charge in [-0.05, 0) is 80.1 Å². The van der Waals surface area contributed by atoms with Crippen molar-refractivity contribution in [2.24, 2.45) is 17.8 Å². The number of allylic oxidation sites excluding steroid dienone is 2. The molecule has 2 fully saturated rings. The highest BCUT2D eigenvalue weighted by Gasteiger charge is 2.38. The third-order valence-corrected chi connectivity index (χ3v) is 7.86. The molecule has 158 valence electrons. The molecule has 29 heavy (non-hydrogen) atoms. The molecular formula is C28H40O. The second kappa shape index (κ2) is 10.9. The van der Waals surface area contributed by atoms with Crippen LogP contribution in [0, 0.1) is 30.1 Å². The lowest BCUT2D eigenvalue weighted by molar-refractivity contribution is 0.142. The van der Waals surface area contributed by atoms with Crippen LogP contribution in [0.15, 0.2) is 36.4 Å². The van der Waals surface area contributed by atoms with E-state index in [4.69, 9.17) is 11.2 Å². The molecule has 3 rings (SSSR count). The van der Waals surface area contributed by atoms with Gasteiger partial charge < -0.3 is 4.74 Å². The van der Waals surface area contributed by atoms with Gasteiger partial charge in [0, 0.05) is 5.41 Å². The fourth-order valence-electron chi connectivity index (χ4n) is 5.94. The minimum Gasteiger partial charge on any atom is -0.497 e. The molecule has 0 N–H and O–H groups in total.